The second kappa shape index (κ2) is 3.70. The van der Waals surface area contributed by atoms with Gasteiger partial charge in [0.25, 0.3) is 0 Å². The van der Waals surface area contributed by atoms with Gasteiger partial charge in [0.05, 0.1) is 6.07 Å². The van der Waals surface area contributed by atoms with Crippen LogP contribution in [0.25, 0.3) is 0 Å². The van der Waals surface area contributed by atoms with E-state index in [0.29, 0.717) is 0 Å². The Bertz CT molecular complexity index is 154. The monoisotopic (exact) mass is 157 g/mol. The summed E-state index contributed by atoms with van der Waals surface area (Å²) in [4.78, 5) is 0. The van der Waals surface area contributed by atoms with Crippen molar-refractivity contribution in [3.63, 3.8) is 0 Å². The first-order chi connectivity index (χ1) is 4.88. The summed E-state index contributed by atoms with van der Waals surface area (Å²) in [6.45, 7) is 7.15. The number of rotatable bonds is 2. The number of aliphatic hydroxyl groups excluding tert-OH is 1. The molecule has 1 N–H and O–H groups in total. The summed E-state index contributed by atoms with van der Waals surface area (Å²) in [5, 5.41) is 17.7. The molecule has 11 heavy (non-hydrogen) atoms. The van der Waals surface area contributed by atoms with Crippen LogP contribution in [0.4, 0.5) is 0 Å². The molecule has 2 unspecified atom stereocenters. The second-order valence-corrected chi connectivity index (χ2v) is 3.63. The maximum absolute atomic E-state index is 9.31. The molecule has 2 atom stereocenters. The highest BCUT2D eigenvalue weighted by Gasteiger charge is 2.24. The Balaban J connectivity index is 3.90. The summed E-state index contributed by atoms with van der Waals surface area (Å²) >= 11 is 0. The van der Waals surface area contributed by atoms with Crippen molar-refractivity contribution in [3.8, 4) is 6.07 Å². The third-order valence-corrected chi connectivity index (χ3v) is 1.26. The molecular formula is C8H15NO2. The summed E-state index contributed by atoms with van der Waals surface area (Å²) in [6.07, 6.45) is -1.43. The van der Waals surface area contributed by atoms with Gasteiger partial charge in [0.1, 0.15) is 6.10 Å². The van der Waals surface area contributed by atoms with Crippen molar-refractivity contribution in [2.24, 2.45) is 5.41 Å². The van der Waals surface area contributed by atoms with Gasteiger partial charge in [-0.3, -0.25) is 0 Å². The Hall–Kier alpha value is -0.590. The van der Waals surface area contributed by atoms with E-state index in [9.17, 15) is 5.11 Å². The topological polar surface area (TPSA) is 53.2 Å². The SMILES string of the molecule is CC(C#N)OC(O)C(C)(C)C. The predicted octanol–water partition coefficient (Wildman–Crippen LogP) is 1.28. The number of nitrogens with zero attached hydrogens (tertiary/aromatic N) is 1. The summed E-state index contributed by atoms with van der Waals surface area (Å²) in [7, 11) is 0. The molecule has 0 aromatic heterocycles. The van der Waals surface area contributed by atoms with Crippen molar-refractivity contribution in [1.82, 2.24) is 0 Å². The maximum atomic E-state index is 9.31. The molecular weight excluding hydrogens is 142 g/mol. The molecule has 0 aromatic rings. The van der Waals surface area contributed by atoms with E-state index >= 15 is 0 Å². The number of hydrogen-bond acceptors (Lipinski definition) is 3. The van der Waals surface area contributed by atoms with E-state index in [4.69, 9.17) is 10.00 Å². The summed E-state index contributed by atoms with van der Waals surface area (Å²) < 4.78 is 4.96. The lowest BCUT2D eigenvalue weighted by molar-refractivity contribution is -0.171. The lowest BCUT2D eigenvalue weighted by Gasteiger charge is -2.26. The molecule has 0 heterocycles. The maximum Gasteiger partial charge on any atom is 0.161 e. The van der Waals surface area contributed by atoms with Gasteiger partial charge in [-0.15, -0.1) is 0 Å². The van der Waals surface area contributed by atoms with Crippen molar-refractivity contribution in [1.29, 1.82) is 5.26 Å². The van der Waals surface area contributed by atoms with E-state index in [2.05, 4.69) is 0 Å². The molecule has 0 bridgehead atoms. The van der Waals surface area contributed by atoms with Gasteiger partial charge >= 0.3 is 0 Å². The highest BCUT2D eigenvalue weighted by atomic mass is 16.6. The zero-order valence-corrected chi connectivity index (χ0v) is 7.46. The first kappa shape index (κ1) is 10.4. The van der Waals surface area contributed by atoms with Gasteiger partial charge in [-0.1, -0.05) is 20.8 Å². The Morgan fingerprint density at radius 2 is 1.91 bits per heavy atom. The van der Waals surface area contributed by atoms with E-state index in [1.807, 2.05) is 26.8 Å². The smallest absolute Gasteiger partial charge is 0.161 e. The van der Waals surface area contributed by atoms with Crippen molar-refractivity contribution >= 4 is 0 Å². The van der Waals surface area contributed by atoms with Crippen LogP contribution in [0.5, 0.6) is 0 Å². The van der Waals surface area contributed by atoms with E-state index in [1.54, 1.807) is 6.92 Å². The third kappa shape index (κ3) is 3.97. The average Bonchev–Trinajstić information content (AvgIpc) is 1.85. The van der Waals surface area contributed by atoms with E-state index in [1.165, 1.54) is 0 Å². The molecule has 0 aromatic carbocycles. The largest absolute Gasteiger partial charge is 0.367 e. The number of ether oxygens (including phenoxy) is 1. The minimum Gasteiger partial charge on any atom is -0.367 e. The molecule has 0 spiro atoms. The molecule has 0 aliphatic carbocycles. The number of hydrogen-bond donors (Lipinski definition) is 1. The van der Waals surface area contributed by atoms with Crippen LogP contribution in [-0.2, 0) is 4.74 Å². The molecule has 3 nitrogen and oxygen atoms in total. The van der Waals surface area contributed by atoms with Crippen LogP contribution < -0.4 is 0 Å². The Morgan fingerprint density at radius 1 is 1.45 bits per heavy atom. The minimum atomic E-state index is -0.878. The zero-order valence-electron chi connectivity index (χ0n) is 7.46. The van der Waals surface area contributed by atoms with Gasteiger partial charge in [-0.2, -0.15) is 5.26 Å². The van der Waals surface area contributed by atoms with Gasteiger partial charge in [0.2, 0.25) is 0 Å². The standard InChI is InChI=1S/C8H15NO2/c1-6(5-9)11-7(10)8(2,3)4/h6-7,10H,1-4H3. The highest BCUT2D eigenvalue weighted by molar-refractivity contribution is 4.80. The predicted molar refractivity (Wildman–Crippen MR) is 41.6 cm³/mol. The van der Waals surface area contributed by atoms with E-state index in [-0.39, 0.29) is 5.41 Å². The van der Waals surface area contributed by atoms with Gasteiger partial charge in [-0.25, -0.2) is 0 Å². The molecule has 0 aliphatic rings. The van der Waals surface area contributed by atoms with Gasteiger partial charge in [0, 0.05) is 5.41 Å². The first-order valence-electron chi connectivity index (χ1n) is 3.61. The molecule has 64 valence electrons. The molecule has 0 saturated carbocycles. The number of nitriles is 1. The molecule has 0 saturated heterocycles. The molecule has 0 amide bonds. The van der Waals surface area contributed by atoms with Crippen LogP contribution in [0.2, 0.25) is 0 Å². The lowest BCUT2D eigenvalue weighted by atomic mass is 9.96. The summed E-state index contributed by atoms with van der Waals surface area (Å²) in [6, 6.07) is 1.89. The Morgan fingerprint density at radius 3 is 2.18 bits per heavy atom. The molecule has 0 rings (SSSR count). The lowest BCUT2D eigenvalue weighted by Crippen LogP contribution is -2.31. The fourth-order valence-electron chi connectivity index (χ4n) is 0.428. The summed E-state index contributed by atoms with van der Waals surface area (Å²) in [5.41, 5.74) is -0.328. The van der Waals surface area contributed by atoms with Gasteiger partial charge in [-0.05, 0) is 6.92 Å². The second-order valence-electron chi connectivity index (χ2n) is 3.63. The van der Waals surface area contributed by atoms with Crippen molar-refractivity contribution < 1.29 is 9.84 Å². The Kier molecular flexibility index (Phi) is 3.50. The van der Waals surface area contributed by atoms with Crippen LogP contribution in [-0.4, -0.2) is 17.5 Å². The van der Waals surface area contributed by atoms with Crippen molar-refractivity contribution in [3.05, 3.63) is 0 Å². The zero-order chi connectivity index (χ0) is 9.07. The fourth-order valence-corrected chi connectivity index (χ4v) is 0.428. The first-order valence-corrected chi connectivity index (χ1v) is 3.61. The molecule has 3 heteroatoms. The Labute approximate surface area is 67.6 Å². The van der Waals surface area contributed by atoms with E-state index in [0.717, 1.165) is 0 Å². The quantitative estimate of drug-likeness (QED) is 0.614. The van der Waals surface area contributed by atoms with Crippen LogP contribution in [0.3, 0.4) is 0 Å². The molecule has 0 aliphatic heterocycles. The van der Waals surface area contributed by atoms with Crippen molar-refractivity contribution in [2.75, 3.05) is 0 Å². The fraction of sp³-hybridized carbons (Fsp3) is 0.875. The molecule has 0 radical (unpaired) electrons. The number of aliphatic hydroxyl groups is 1. The van der Waals surface area contributed by atoms with Crippen LogP contribution >= 0.6 is 0 Å². The third-order valence-electron chi connectivity index (χ3n) is 1.26. The van der Waals surface area contributed by atoms with Crippen LogP contribution in [0.1, 0.15) is 27.7 Å². The van der Waals surface area contributed by atoms with Crippen LogP contribution in [0.15, 0.2) is 0 Å². The van der Waals surface area contributed by atoms with E-state index < -0.39 is 12.4 Å². The van der Waals surface area contributed by atoms with Crippen molar-refractivity contribution in [2.45, 2.75) is 40.1 Å². The normalized spacial score (nSPS) is 17.1. The average molecular weight is 157 g/mol. The highest BCUT2D eigenvalue weighted by Crippen LogP contribution is 2.20. The van der Waals surface area contributed by atoms with Crippen LogP contribution in [0, 0.1) is 16.7 Å². The van der Waals surface area contributed by atoms with Gasteiger partial charge in [0.15, 0.2) is 6.29 Å². The summed E-state index contributed by atoms with van der Waals surface area (Å²) in [5.74, 6) is 0. The minimum absolute atomic E-state index is 0.328. The molecule has 0 fully saturated rings. The van der Waals surface area contributed by atoms with Gasteiger partial charge < -0.3 is 9.84 Å².